The van der Waals surface area contributed by atoms with Crippen molar-refractivity contribution in [3.63, 3.8) is 0 Å². The molecular weight excluding hydrogens is 308 g/mol. The number of hydrogen-bond donors (Lipinski definition) is 1. The second-order valence-electron chi connectivity index (χ2n) is 3.92. The number of amides is 1. The minimum absolute atomic E-state index is 0.120. The summed E-state index contributed by atoms with van der Waals surface area (Å²) in [7, 11) is 0. The predicted octanol–water partition coefficient (Wildman–Crippen LogP) is 3.13. The van der Waals surface area contributed by atoms with Crippen LogP contribution >= 0.6 is 15.9 Å². The lowest BCUT2D eigenvalue weighted by Crippen LogP contribution is -2.17. The highest BCUT2D eigenvalue weighted by Gasteiger charge is 2.00. The predicted molar refractivity (Wildman–Crippen MR) is 76.9 cm³/mol. The van der Waals surface area contributed by atoms with Gasteiger partial charge in [0.1, 0.15) is 5.76 Å². The topological polar surface area (TPSA) is 54.6 Å². The molecule has 1 aromatic carbocycles. The molecule has 19 heavy (non-hydrogen) atoms. The second kappa shape index (κ2) is 6.89. The van der Waals surface area contributed by atoms with Crippen LogP contribution in [0.25, 0.3) is 0 Å². The zero-order valence-electron chi connectivity index (χ0n) is 10.2. The number of nitrogens with one attached hydrogen (secondary N) is 1. The lowest BCUT2D eigenvalue weighted by atomic mass is 10.1. The fourth-order valence-electron chi connectivity index (χ4n) is 1.52. The van der Waals surface area contributed by atoms with Crippen molar-refractivity contribution in [1.82, 2.24) is 5.43 Å². The van der Waals surface area contributed by atoms with Gasteiger partial charge in [-0.15, -0.1) is 0 Å². The van der Waals surface area contributed by atoms with Gasteiger partial charge >= 0.3 is 0 Å². The zero-order valence-corrected chi connectivity index (χ0v) is 11.8. The van der Waals surface area contributed by atoms with Crippen LogP contribution in [-0.4, -0.2) is 12.1 Å². The number of halogens is 1. The molecule has 1 amide bonds. The van der Waals surface area contributed by atoms with Gasteiger partial charge in [-0.2, -0.15) is 5.10 Å². The van der Waals surface area contributed by atoms with Crippen LogP contribution in [0.4, 0.5) is 0 Å². The Kier molecular flexibility index (Phi) is 4.92. The van der Waals surface area contributed by atoms with Crippen molar-refractivity contribution in [1.29, 1.82) is 0 Å². The molecule has 1 aromatic heterocycles. The van der Waals surface area contributed by atoms with E-state index in [1.165, 1.54) is 6.21 Å². The molecular formula is C14H13BrN2O2. The molecule has 2 rings (SSSR count). The van der Waals surface area contributed by atoms with Gasteiger partial charge in [-0.3, -0.25) is 4.79 Å². The summed E-state index contributed by atoms with van der Waals surface area (Å²) in [5.41, 5.74) is 3.60. The molecule has 0 spiro atoms. The fraction of sp³-hybridized carbons (Fsp3) is 0.143. The Morgan fingerprint density at radius 1 is 1.26 bits per heavy atom. The quantitative estimate of drug-likeness (QED) is 0.679. The monoisotopic (exact) mass is 320 g/mol. The minimum Gasteiger partial charge on any atom is -0.448 e. The van der Waals surface area contributed by atoms with E-state index in [9.17, 15) is 4.79 Å². The summed E-state index contributed by atoms with van der Waals surface area (Å²) < 4.78 is 5.84. The highest BCUT2D eigenvalue weighted by Crippen LogP contribution is 2.11. The molecule has 0 aliphatic rings. The van der Waals surface area contributed by atoms with Gasteiger partial charge in [0.2, 0.25) is 5.91 Å². The molecule has 0 saturated carbocycles. The van der Waals surface area contributed by atoms with Gasteiger partial charge in [-0.1, -0.05) is 30.3 Å². The van der Waals surface area contributed by atoms with Crippen molar-refractivity contribution in [3.05, 3.63) is 58.5 Å². The number of hydrogen-bond acceptors (Lipinski definition) is 3. The summed E-state index contributed by atoms with van der Waals surface area (Å²) in [6.07, 6.45) is 2.57. The number of furan rings is 1. The maximum absolute atomic E-state index is 11.5. The van der Waals surface area contributed by atoms with E-state index in [0.29, 0.717) is 23.3 Å². The number of hydrazone groups is 1. The van der Waals surface area contributed by atoms with Gasteiger partial charge < -0.3 is 4.42 Å². The first-order valence-electron chi connectivity index (χ1n) is 5.85. The molecule has 0 bridgehead atoms. The summed E-state index contributed by atoms with van der Waals surface area (Å²) >= 11 is 3.19. The lowest BCUT2D eigenvalue weighted by Gasteiger charge is -2.00. The lowest BCUT2D eigenvalue weighted by molar-refractivity contribution is -0.121. The zero-order chi connectivity index (χ0) is 13.5. The number of aryl methyl sites for hydroxylation is 1. The summed E-state index contributed by atoms with van der Waals surface area (Å²) in [4.78, 5) is 11.5. The molecule has 0 aliphatic carbocycles. The normalized spacial score (nSPS) is 10.8. The molecule has 0 radical (unpaired) electrons. The summed E-state index contributed by atoms with van der Waals surface area (Å²) in [5.74, 6) is 0.459. The van der Waals surface area contributed by atoms with Crippen molar-refractivity contribution in [2.45, 2.75) is 12.8 Å². The fourth-order valence-corrected chi connectivity index (χ4v) is 1.84. The van der Waals surface area contributed by atoms with Crippen molar-refractivity contribution in [3.8, 4) is 0 Å². The van der Waals surface area contributed by atoms with Gasteiger partial charge in [0.25, 0.3) is 0 Å². The molecule has 0 aliphatic heterocycles. The van der Waals surface area contributed by atoms with Gasteiger partial charge in [-0.25, -0.2) is 5.43 Å². The molecule has 98 valence electrons. The van der Waals surface area contributed by atoms with Crippen molar-refractivity contribution in [2.75, 3.05) is 0 Å². The van der Waals surface area contributed by atoms with Gasteiger partial charge in [0, 0.05) is 6.42 Å². The minimum atomic E-state index is -0.120. The summed E-state index contributed by atoms with van der Waals surface area (Å²) in [6, 6.07) is 13.4. The Labute approximate surface area is 119 Å². The van der Waals surface area contributed by atoms with E-state index in [-0.39, 0.29) is 5.91 Å². The molecule has 0 unspecified atom stereocenters. The summed E-state index contributed by atoms with van der Waals surface area (Å²) in [5, 5.41) is 3.83. The van der Waals surface area contributed by atoms with E-state index in [0.717, 1.165) is 5.56 Å². The number of carbonyl (C=O) groups excluding carboxylic acids is 1. The average molecular weight is 321 g/mol. The molecule has 0 atom stereocenters. The molecule has 5 heteroatoms. The number of rotatable bonds is 5. The van der Waals surface area contributed by atoms with Crippen LogP contribution < -0.4 is 5.43 Å². The van der Waals surface area contributed by atoms with Gasteiger partial charge in [0.15, 0.2) is 4.67 Å². The molecule has 1 heterocycles. The SMILES string of the molecule is O=C(CCc1ccccc1)N/N=C\c1ccc(Br)o1. The van der Waals surface area contributed by atoms with E-state index >= 15 is 0 Å². The first-order valence-corrected chi connectivity index (χ1v) is 6.64. The number of benzene rings is 1. The third-order valence-electron chi connectivity index (χ3n) is 2.46. The molecule has 1 N–H and O–H groups in total. The molecule has 4 nitrogen and oxygen atoms in total. The van der Waals surface area contributed by atoms with E-state index in [1.807, 2.05) is 30.3 Å². The van der Waals surface area contributed by atoms with Crippen molar-refractivity contribution in [2.24, 2.45) is 5.10 Å². The van der Waals surface area contributed by atoms with E-state index in [1.54, 1.807) is 12.1 Å². The maximum atomic E-state index is 11.5. The van der Waals surface area contributed by atoms with Crippen LogP contribution in [0.3, 0.4) is 0 Å². The Balaban J connectivity index is 1.74. The standard InChI is InChI=1S/C14H13BrN2O2/c15-13-8-7-12(19-13)10-16-17-14(18)9-6-11-4-2-1-3-5-11/h1-5,7-8,10H,6,9H2,(H,17,18)/b16-10-. The second-order valence-corrected chi connectivity index (χ2v) is 4.70. The Hall–Kier alpha value is -1.88. The highest BCUT2D eigenvalue weighted by atomic mass is 79.9. The first kappa shape index (κ1) is 13.5. The van der Waals surface area contributed by atoms with Gasteiger partial charge in [-0.05, 0) is 40.0 Å². The van der Waals surface area contributed by atoms with E-state index in [2.05, 4.69) is 26.5 Å². The number of carbonyl (C=O) groups is 1. The van der Waals surface area contributed by atoms with Crippen molar-refractivity contribution >= 4 is 28.1 Å². The highest BCUT2D eigenvalue weighted by molar-refractivity contribution is 9.10. The van der Waals surface area contributed by atoms with E-state index in [4.69, 9.17) is 4.42 Å². The third kappa shape index (κ3) is 4.71. The average Bonchev–Trinajstić information content (AvgIpc) is 2.83. The Morgan fingerprint density at radius 2 is 2.05 bits per heavy atom. The van der Waals surface area contributed by atoms with Gasteiger partial charge in [0.05, 0.1) is 6.21 Å². The van der Waals surface area contributed by atoms with Crippen LogP contribution in [0, 0.1) is 0 Å². The molecule has 2 aromatic rings. The molecule has 0 fully saturated rings. The van der Waals surface area contributed by atoms with Crippen LogP contribution in [-0.2, 0) is 11.2 Å². The largest absolute Gasteiger partial charge is 0.448 e. The van der Waals surface area contributed by atoms with Crippen LogP contribution in [0.5, 0.6) is 0 Å². The smallest absolute Gasteiger partial charge is 0.240 e. The number of nitrogens with zero attached hydrogens (tertiary/aromatic N) is 1. The summed E-state index contributed by atoms with van der Waals surface area (Å²) in [6.45, 7) is 0. The Bertz CT molecular complexity index is 564. The van der Waals surface area contributed by atoms with Crippen molar-refractivity contribution < 1.29 is 9.21 Å². The van der Waals surface area contributed by atoms with Crippen LogP contribution in [0.2, 0.25) is 0 Å². The first-order chi connectivity index (χ1) is 9.24. The maximum Gasteiger partial charge on any atom is 0.240 e. The van der Waals surface area contributed by atoms with Crippen LogP contribution in [0.1, 0.15) is 17.7 Å². The Morgan fingerprint density at radius 3 is 2.74 bits per heavy atom. The third-order valence-corrected chi connectivity index (χ3v) is 2.88. The van der Waals surface area contributed by atoms with E-state index < -0.39 is 0 Å². The molecule has 0 saturated heterocycles. The van der Waals surface area contributed by atoms with Crippen LogP contribution in [0.15, 0.2) is 56.7 Å².